The summed E-state index contributed by atoms with van der Waals surface area (Å²) in [5.41, 5.74) is 0.470. The number of aliphatic hydroxyl groups is 1. The number of aliphatic imine (C=N–C) groups is 1. The van der Waals surface area contributed by atoms with Gasteiger partial charge in [0.2, 0.25) is 0 Å². The summed E-state index contributed by atoms with van der Waals surface area (Å²) in [4.78, 5) is 6.76. The van der Waals surface area contributed by atoms with E-state index in [0.717, 1.165) is 25.6 Å². The summed E-state index contributed by atoms with van der Waals surface area (Å²) in [6, 6.07) is 3.28. The third kappa shape index (κ3) is 4.35. The van der Waals surface area contributed by atoms with Crippen molar-refractivity contribution in [3.63, 3.8) is 0 Å². The van der Waals surface area contributed by atoms with Crippen LogP contribution in [0, 0.1) is 5.41 Å². The molecule has 1 saturated carbocycles. The zero-order valence-electron chi connectivity index (χ0n) is 14.6. The highest BCUT2D eigenvalue weighted by molar-refractivity contribution is 7.93. The first kappa shape index (κ1) is 18.7. The maximum absolute atomic E-state index is 12.2. The van der Waals surface area contributed by atoms with Gasteiger partial charge < -0.3 is 15.3 Å². The van der Waals surface area contributed by atoms with Gasteiger partial charge in [0.1, 0.15) is 4.21 Å². The van der Waals surface area contributed by atoms with Gasteiger partial charge in [0.25, 0.3) is 0 Å². The van der Waals surface area contributed by atoms with E-state index in [9.17, 15) is 13.5 Å². The number of nitrogens with zero attached hydrogens (tertiary/aromatic N) is 2. The molecule has 0 radical (unpaired) electrons. The molecule has 2 heterocycles. The molecule has 25 heavy (non-hydrogen) atoms. The topological polar surface area (TPSA) is 82.0 Å². The maximum Gasteiger partial charge on any atom is 0.194 e. The molecule has 6 nitrogen and oxygen atoms in total. The predicted octanol–water partition coefficient (Wildman–Crippen LogP) is 1.72. The Labute approximate surface area is 153 Å². The van der Waals surface area contributed by atoms with Crippen LogP contribution in [-0.2, 0) is 9.84 Å². The minimum Gasteiger partial charge on any atom is -0.390 e. The molecular weight excluding hydrogens is 358 g/mol. The van der Waals surface area contributed by atoms with Crippen LogP contribution in [0.15, 0.2) is 26.7 Å². The minimum absolute atomic E-state index is 0.0937. The van der Waals surface area contributed by atoms with E-state index < -0.39 is 15.9 Å². The molecule has 8 heteroatoms. The summed E-state index contributed by atoms with van der Waals surface area (Å²) in [6.45, 7) is 4.86. The van der Waals surface area contributed by atoms with E-state index >= 15 is 0 Å². The molecule has 0 bridgehead atoms. The maximum atomic E-state index is 12.2. The number of thiophene rings is 1. The molecule has 1 aromatic rings. The third-order valence-electron chi connectivity index (χ3n) is 5.15. The molecule has 1 spiro atoms. The Morgan fingerprint density at radius 1 is 1.48 bits per heavy atom. The van der Waals surface area contributed by atoms with Gasteiger partial charge in [-0.05, 0) is 43.0 Å². The number of sulfone groups is 1. The summed E-state index contributed by atoms with van der Waals surface area (Å²) in [6.07, 6.45) is 4.11. The van der Waals surface area contributed by atoms with Gasteiger partial charge in [-0.2, -0.15) is 0 Å². The Morgan fingerprint density at radius 3 is 2.84 bits per heavy atom. The van der Waals surface area contributed by atoms with Crippen molar-refractivity contribution in [1.82, 2.24) is 10.2 Å². The lowest BCUT2D eigenvalue weighted by molar-refractivity contribution is 0.151. The lowest BCUT2D eigenvalue weighted by Crippen LogP contribution is -2.43. The van der Waals surface area contributed by atoms with Gasteiger partial charge in [-0.1, -0.05) is 12.5 Å². The molecule has 1 unspecified atom stereocenters. The van der Waals surface area contributed by atoms with Gasteiger partial charge in [-0.15, -0.1) is 11.3 Å². The van der Waals surface area contributed by atoms with Gasteiger partial charge in [-0.3, -0.25) is 4.99 Å². The zero-order chi connectivity index (χ0) is 17.9. The first-order valence-corrected chi connectivity index (χ1v) is 11.4. The average molecular weight is 386 g/mol. The fraction of sp³-hybridized carbons (Fsp3) is 0.706. The van der Waals surface area contributed by atoms with Gasteiger partial charge in [-0.25, -0.2) is 8.42 Å². The molecule has 1 aromatic heterocycles. The van der Waals surface area contributed by atoms with Crippen LogP contribution in [0.3, 0.4) is 0 Å². The van der Waals surface area contributed by atoms with E-state index in [0.29, 0.717) is 9.62 Å². The lowest BCUT2D eigenvalue weighted by Gasteiger charge is -2.38. The van der Waals surface area contributed by atoms with E-state index in [1.807, 2.05) is 6.92 Å². The van der Waals surface area contributed by atoms with Crippen molar-refractivity contribution < 1.29 is 13.5 Å². The van der Waals surface area contributed by atoms with Crippen LogP contribution < -0.4 is 5.32 Å². The van der Waals surface area contributed by atoms with Crippen LogP contribution in [0.25, 0.3) is 0 Å². The first-order chi connectivity index (χ1) is 11.9. The highest BCUT2D eigenvalue weighted by Gasteiger charge is 2.43. The molecule has 140 valence electrons. The molecule has 0 amide bonds. The molecule has 3 rings (SSSR count). The molecule has 0 aromatic carbocycles. The van der Waals surface area contributed by atoms with Gasteiger partial charge in [0, 0.05) is 19.6 Å². The average Bonchev–Trinajstić information content (AvgIpc) is 3.19. The van der Waals surface area contributed by atoms with Gasteiger partial charge >= 0.3 is 0 Å². The number of hydrogen-bond donors (Lipinski definition) is 2. The van der Waals surface area contributed by atoms with E-state index in [1.165, 1.54) is 37.0 Å². The van der Waals surface area contributed by atoms with Crippen LogP contribution in [-0.4, -0.2) is 62.4 Å². The zero-order valence-corrected chi connectivity index (χ0v) is 16.3. The van der Waals surface area contributed by atoms with Crippen molar-refractivity contribution in [1.29, 1.82) is 0 Å². The second-order valence-corrected chi connectivity index (χ2v) is 10.3. The molecule has 1 saturated heterocycles. The summed E-state index contributed by atoms with van der Waals surface area (Å²) in [7, 11) is -3.44. The van der Waals surface area contributed by atoms with Crippen LogP contribution >= 0.6 is 11.3 Å². The second kappa shape index (κ2) is 7.63. The number of guanidine groups is 1. The Kier molecular flexibility index (Phi) is 5.70. The quantitative estimate of drug-likeness (QED) is 0.576. The molecule has 1 atom stereocenters. The summed E-state index contributed by atoms with van der Waals surface area (Å²) in [5, 5.41) is 15.2. The molecule has 2 N–H and O–H groups in total. The molecular formula is C17H27N3O3S2. The number of rotatable bonds is 6. The van der Waals surface area contributed by atoms with Crippen LogP contribution in [0.4, 0.5) is 0 Å². The second-order valence-electron chi connectivity index (χ2n) is 7.09. The Bertz CT molecular complexity index is 697. The van der Waals surface area contributed by atoms with Crippen molar-refractivity contribution in [3.8, 4) is 0 Å². The van der Waals surface area contributed by atoms with Gasteiger partial charge in [0.05, 0.1) is 18.4 Å². The number of nitrogens with one attached hydrogen (secondary N) is 1. The Morgan fingerprint density at radius 2 is 2.28 bits per heavy atom. The number of hydrogen-bond acceptors (Lipinski definition) is 5. The fourth-order valence-electron chi connectivity index (χ4n) is 3.65. The third-order valence-corrected chi connectivity index (χ3v) is 8.44. The van der Waals surface area contributed by atoms with Gasteiger partial charge in [0.15, 0.2) is 15.8 Å². The standard InChI is InChI=1S/C17H27N3O3S2/c1-2-18-16(20-9-8-17(13-20)6-4-7-17)19-11-14(21)12-25(22,23)15-5-3-10-24-15/h3,5,10,14,21H,2,4,6-9,11-13H2,1H3,(H,18,19). The normalized spacial score (nSPS) is 21.4. The smallest absolute Gasteiger partial charge is 0.194 e. The summed E-state index contributed by atoms with van der Waals surface area (Å²) in [5.74, 6) is 0.499. The lowest BCUT2D eigenvalue weighted by atomic mass is 9.68. The summed E-state index contributed by atoms with van der Waals surface area (Å²) < 4.78 is 24.8. The Hall–Kier alpha value is -1.12. The molecule has 2 fully saturated rings. The highest BCUT2D eigenvalue weighted by atomic mass is 32.2. The monoisotopic (exact) mass is 385 g/mol. The minimum atomic E-state index is -3.44. The van der Waals surface area contributed by atoms with E-state index in [-0.39, 0.29) is 12.3 Å². The van der Waals surface area contributed by atoms with Crippen LogP contribution in [0.5, 0.6) is 0 Å². The highest BCUT2D eigenvalue weighted by Crippen LogP contribution is 2.47. The van der Waals surface area contributed by atoms with Crippen molar-refractivity contribution in [2.24, 2.45) is 10.4 Å². The molecule has 1 aliphatic heterocycles. The van der Waals surface area contributed by atoms with Crippen molar-refractivity contribution >= 4 is 27.1 Å². The molecule has 1 aliphatic carbocycles. The summed E-state index contributed by atoms with van der Waals surface area (Å²) >= 11 is 1.18. The predicted molar refractivity (Wildman–Crippen MR) is 101 cm³/mol. The first-order valence-electron chi connectivity index (χ1n) is 8.92. The largest absolute Gasteiger partial charge is 0.390 e. The van der Waals surface area contributed by atoms with Crippen molar-refractivity contribution in [2.75, 3.05) is 31.9 Å². The number of likely N-dealkylation sites (tertiary alicyclic amines) is 1. The van der Waals surface area contributed by atoms with Crippen LogP contribution in [0.2, 0.25) is 0 Å². The SMILES string of the molecule is CCNC(=NCC(O)CS(=O)(=O)c1cccs1)N1CCC2(CCC2)C1. The van der Waals surface area contributed by atoms with E-state index in [2.05, 4.69) is 15.2 Å². The van der Waals surface area contributed by atoms with E-state index in [1.54, 1.807) is 17.5 Å². The Balaban J connectivity index is 1.59. The van der Waals surface area contributed by atoms with Crippen molar-refractivity contribution in [2.45, 2.75) is 42.9 Å². The van der Waals surface area contributed by atoms with E-state index in [4.69, 9.17) is 0 Å². The van der Waals surface area contributed by atoms with Crippen LogP contribution in [0.1, 0.15) is 32.6 Å². The molecule has 2 aliphatic rings. The van der Waals surface area contributed by atoms with Crippen molar-refractivity contribution in [3.05, 3.63) is 17.5 Å². The number of aliphatic hydroxyl groups excluding tert-OH is 1. The fourth-order valence-corrected chi connectivity index (χ4v) is 6.11.